The molecule has 5 nitrogen and oxygen atoms in total. The molecule has 0 spiro atoms. The highest BCUT2D eigenvalue weighted by Gasteiger charge is 2.26. The molecule has 102 valence electrons. The van der Waals surface area contributed by atoms with Gasteiger partial charge in [-0.25, -0.2) is 13.2 Å². The zero-order valence-electron chi connectivity index (χ0n) is 10.6. The molecule has 0 saturated carbocycles. The molecule has 1 heterocycles. The molecule has 0 bridgehead atoms. The normalized spacial score (nSPS) is 13.8. The van der Waals surface area contributed by atoms with Gasteiger partial charge in [-0.2, -0.15) is 4.31 Å². The number of hydrogen-bond acceptors (Lipinski definition) is 4. The van der Waals surface area contributed by atoms with Crippen LogP contribution in [0.15, 0.2) is 16.3 Å². The van der Waals surface area contributed by atoms with Crippen molar-refractivity contribution in [2.75, 3.05) is 7.05 Å². The van der Waals surface area contributed by atoms with E-state index in [-0.39, 0.29) is 15.8 Å². The van der Waals surface area contributed by atoms with Gasteiger partial charge in [0.05, 0.1) is 4.90 Å². The maximum atomic E-state index is 12.2. The largest absolute Gasteiger partial charge is 0.477 e. The Bertz CT molecular complexity index is 521. The van der Waals surface area contributed by atoms with Crippen molar-refractivity contribution in [3.05, 3.63) is 16.3 Å². The minimum atomic E-state index is -3.59. The van der Waals surface area contributed by atoms with Crippen molar-refractivity contribution in [3.63, 3.8) is 0 Å². The summed E-state index contributed by atoms with van der Waals surface area (Å²) in [5.74, 6) is -1.11. The van der Waals surface area contributed by atoms with Gasteiger partial charge in [0.2, 0.25) is 10.0 Å². The fourth-order valence-corrected chi connectivity index (χ4v) is 4.06. The van der Waals surface area contributed by atoms with Crippen LogP contribution in [-0.2, 0) is 10.0 Å². The van der Waals surface area contributed by atoms with Gasteiger partial charge in [0, 0.05) is 18.5 Å². The molecule has 0 aliphatic heterocycles. The van der Waals surface area contributed by atoms with Gasteiger partial charge in [-0.05, 0) is 19.4 Å². The van der Waals surface area contributed by atoms with Crippen LogP contribution in [0.25, 0.3) is 0 Å². The Kier molecular flexibility index (Phi) is 4.89. The van der Waals surface area contributed by atoms with E-state index in [4.69, 9.17) is 5.11 Å². The number of carboxylic acid groups (broad SMARTS) is 1. The Hall–Kier alpha value is -0.920. The summed E-state index contributed by atoms with van der Waals surface area (Å²) < 4.78 is 25.7. The van der Waals surface area contributed by atoms with Gasteiger partial charge < -0.3 is 5.11 Å². The van der Waals surface area contributed by atoms with Crippen molar-refractivity contribution >= 4 is 27.3 Å². The van der Waals surface area contributed by atoms with E-state index in [1.54, 1.807) is 0 Å². The molecule has 1 atom stereocenters. The first-order valence-corrected chi connectivity index (χ1v) is 7.92. The van der Waals surface area contributed by atoms with Gasteiger partial charge in [-0.15, -0.1) is 11.3 Å². The third kappa shape index (κ3) is 3.09. The molecule has 1 aromatic heterocycles. The Balaban J connectivity index is 3.01. The highest BCUT2D eigenvalue weighted by Crippen LogP contribution is 2.24. The SMILES string of the molecule is CCCC(C)N(C)S(=O)(=O)c1csc(C(=O)O)c1. The number of hydrogen-bond donors (Lipinski definition) is 1. The van der Waals surface area contributed by atoms with Crippen LogP contribution in [0.4, 0.5) is 0 Å². The molecule has 0 saturated heterocycles. The Morgan fingerprint density at radius 2 is 2.17 bits per heavy atom. The molecule has 18 heavy (non-hydrogen) atoms. The third-order valence-corrected chi connectivity index (χ3v) is 5.81. The lowest BCUT2D eigenvalue weighted by Gasteiger charge is -2.23. The number of thiophene rings is 1. The first kappa shape index (κ1) is 15.1. The Morgan fingerprint density at radius 3 is 2.61 bits per heavy atom. The lowest BCUT2D eigenvalue weighted by Crippen LogP contribution is -2.34. The predicted molar refractivity (Wildman–Crippen MR) is 70.6 cm³/mol. The van der Waals surface area contributed by atoms with E-state index in [0.29, 0.717) is 0 Å². The smallest absolute Gasteiger partial charge is 0.345 e. The van der Waals surface area contributed by atoms with Gasteiger partial charge in [0.1, 0.15) is 4.88 Å². The van der Waals surface area contributed by atoms with Crippen LogP contribution in [0.2, 0.25) is 0 Å². The zero-order chi connectivity index (χ0) is 13.9. The van der Waals surface area contributed by atoms with Gasteiger partial charge in [0.25, 0.3) is 0 Å². The second-order valence-corrected chi connectivity index (χ2v) is 7.02. The molecule has 1 aromatic rings. The van der Waals surface area contributed by atoms with Gasteiger partial charge >= 0.3 is 5.97 Å². The summed E-state index contributed by atoms with van der Waals surface area (Å²) in [5.41, 5.74) is 0. The van der Waals surface area contributed by atoms with Crippen LogP contribution in [0.5, 0.6) is 0 Å². The second-order valence-electron chi connectivity index (χ2n) is 4.11. The monoisotopic (exact) mass is 291 g/mol. The summed E-state index contributed by atoms with van der Waals surface area (Å²) in [6.45, 7) is 3.83. The first-order valence-electron chi connectivity index (χ1n) is 5.60. The summed E-state index contributed by atoms with van der Waals surface area (Å²) in [4.78, 5) is 10.8. The molecule has 1 N–H and O–H groups in total. The van der Waals surface area contributed by atoms with E-state index in [2.05, 4.69) is 0 Å². The molecule has 0 fully saturated rings. The number of rotatable bonds is 6. The molecule has 0 radical (unpaired) electrons. The quantitative estimate of drug-likeness (QED) is 0.872. The fourth-order valence-electron chi connectivity index (χ4n) is 1.57. The summed E-state index contributed by atoms with van der Waals surface area (Å²) >= 11 is 0.922. The Labute approximate surface area is 111 Å². The average molecular weight is 291 g/mol. The number of nitrogens with zero attached hydrogens (tertiary/aromatic N) is 1. The lowest BCUT2D eigenvalue weighted by molar-refractivity contribution is 0.0702. The maximum absolute atomic E-state index is 12.2. The number of carbonyl (C=O) groups is 1. The first-order chi connectivity index (χ1) is 8.30. The summed E-state index contributed by atoms with van der Waals surface area (Å²) in [6, 6.07) is 1.10. The van der Waals surface area contributed by atoms with Crippen molar-refractivity contribution in [1.29, 1.82) is 0 Å². The van der Waals surface area contributed by atoms with E-state index >= 15 is 0 Å². The maximum Gasteiger partial charge on any atom is 0.345 e. The molecule has 1 rings (SSSR count). The molecule has 0 amide bonds. The zero-order valence-corrected chi connectivity index (χ0v) is 12.2. The van der Waals surface area contributed by atoms with E-state index in [9.17, 15) is 13.2 Å². The van der Waals surface area contributed by atoms with E-state index in [1.807, 2.05) is 13.8 Å². The van der Waals surface area contributed by atoms with Crippen molar-refractivity contribution in [2.45, 2.75) is 37.6 Å². The fraction of sp³-hybridized carbons (Fsp3) is 0.545. The highest BCUT2D eigenvalue weighted by molar-refractivity contribution is 7.89. The second kappa shape index (κ2) is 5.81. The van der Waals surface area contributed by atoms with Crippen molar-refractivity contribution in [3.8, 4) is 0 Å². The lowest BCUT2D eigenvalue weighted by atomic mass is 10.2. The number of aromatic carboxylic acids is 1. The van der Waals surface area contributed by atoms with Crippen LogP contribution in [-0.4, -0.2) is 36.9 Å². The van der Waals surface area contributed by atoms with E-state index in [1.165, 1.54) is 22.8 Å². The summed E-state index contributed by atoms with van der Waals surface area (Å²) in [6.07, 6.45) is 1.66. The van der Waals surface area contributed by atoms with Gasteiger partial charge in [-0.3, -0.25) is 0 Å². The molecular formula is C11H17NO4S2. The number of sulfonamides is 1. The summed E-state index contributed by atoms with van der Waals surface area (Å²) in [5, 5.41) is 10.2. The average Bonchev–Trinajstić information content (AvgIpc) is 2.78. The molecule has 7 heteroatoms. The molecule has 0 aromatic carbocycles. The Morgan fingerprint density at radius 1 is 1.56 bits per heavy atom. The predicted octanol–water partition coefficient (Wildman–Crippen LogP) is 2.26. The summed E-state index contributed by atoms with van der Waals surface area (Å²) in [7, 11) is -2.07. The number of carboxylic acids is 1. The van der Waals surface area contributed by atoms with Crippen LogP contribution < -0.4 is 0 Å². The van der Waals surface area contributed by atoms with E-state index in [0.717, 1.165) is 24.2 Å². The van der Waals surface area contributed by atoms with Gasteiger partial charge in [-0.1, -0.05) is 13.3 Å². The van der Waals surface area contributed by atoms with Crippen molar-refractivity contribution in [1.82, 2.24) is 4.31 Å². The molecular weight excluding hydrogens is 274 g/mol. The van der Waals surface area contributed by atoms with Crippen molar-refractivity contribution in [2.24, 2.45) is 0 Å². The van der Waals surface area contributed by atoms with Gasteiger partial charge in [0.15, 0.2) is 0 Å². The van der Waals surface area contributed by atoms with E-state index < -0.39 is 16.0 Å². The minimum Gasteiger partial charge on any atom is -0.477 e. The standard InChI is InChI=1S/C11H17NO4S2/c1-4-5-8(2)12(3)18(15,16)9-6-10(11(13)14)17-7-9/h6-8H,4-5H2,1-3H3,(H,13,14). The van der Waals surface area contributed by atoms with Crippen LogP contribution in [0, 0.1) is 0 Å². The highest BCUT2D eigenvalue weighted by atomic mass is 32.2. The molecule has 0 aliphatic carbocycles. The van der Waals surface area contributed by atoms with Crippen molar-refractivity contribution < 1.29 is 18.3 Å². The molecule has 1 unspecified atom stereocenters. The van der Waals surface area contributed by atoms with Crippen LogP contribution in [0.3, 0.4) is 0 Å². The topological polar surface area (TPSA) is 74.7 Å². The van der Waals surface area contributed by atoms with Crippen LogP contribution >= 0.6 is 11.3 Å². The molecule has 0 aliphatic rings. The van der Waals surface area contributed by atoms with Crippen LogP contribution in [0.1, 0.15) is 36.4 Å². The minimum absolute atomic E-state index is 0.0325. The third-order valence-electron chi connectivity index (χ3n) is 2.79.